The van der Waals surface area contributed by atoms with Crippen LogP contribution in [0.2, 0.25) is 0 Å². The molecular formula is C16H14O4. The van der Waals surface area contributed by atoms with Crippen molar-refractivity contribution in [1.29, 1.82) is 0 Å². The van der Waals surface area contributed by atoms with Crippen LogP contribution in [0, 0.1) is 0 Å². The van der Waals surface area contributed by atoms with Gasteiger partial charge in [-0.2, -0.15) is 0 Å². The Kier molecular flexibility index (Phi) is 3.29. The van der Waals surface area contributed by atoms with Gasteiger partial charge < -0.3 is 14.2 Å². The zero-order valence-electron chi connectivity index (χ0n) is 11.1. The standard InChI is InChI=1S/C16H14O4/c1-2-14(17)11-3-5-12(6-4-11)20-13-7-8-15-16(9-13)19-10-18-15/h3-9H,2,10H2,1H3. The molecule has 20 heavy (non-hydrogen) atoms. The maximum Gasteiger partial charge on any atom is 0.231 e. The predicted octanol–water partition coefficient (Wildman–Crippen LogP) is 3.80. The summed E-state index contributed by atoms with van der Waals surface area (Å²) < 4.78 is 16.3. The Balaban J connectivity index is 1.76. The van der Waals surface area contributed by atoms with Gasteiger partial charge in [-0.05, 0) is 36.4 Å². The van der Waals surface area contributed by atoms with Gasteiger partial charge in [0.1, 0.15) is 11.5 Å². The highest BCUT2D eigenvalue weighted by molar-refractivity contribution is 5.95. The van der Waals surface area contributed by atoms with Gasteiger partial charge in [-0.3, -0.25) is 4.79 Å². The SMILES string of the molecule is CCC(=O)c1ccc(Oc2ccc3c(c2)OCO3)cc1. The topological polar surface area (TPSA) is 44.8 Å². The molecule has 0 spiro atoms. The van der Waals surface area contributed by atoms with Crippen LogP contribution in [0.1, 0.15) is 23.7 Å². The number of rotatable bonds is 4. The van der Waals surface area contributed by atoms with E-state index in [1.54, 1.807) is 30.3 Å². The van der Waals surface area contributed by atoms with Crippen LogP contribution in [0.4, 0.5) is 0 Å². The highest BCUT2D eigenvalue weighted by Crippen LogP contribution is 2.36. The van der Waals surface area contributed by atoms with Gasteiger partial charge in [-0.1, -0.05) is 6.92 Å². The van der Waals surface area contributed by atoms with E-state index in [-0.39, 0.29) is 12.6 Å². The normalized spacial score (nSPS) is 12.2. The zero-order valence-corrected chi connectivity index (χ0v) is 11.1. The van der Waals surface area contributed by atoms with Crippen LogP contribution in [0.5, 0.6) is 23.0 Å². The van der Waals surface area contributed by atoms with Crippen molar-refractivity contribution in [3.05, 3.63) is 48.0 Å². The van der Waals surface area contributed by atoms with E-state index in [0.29, 0.717) is 29.2 Å². The van der Waals surface area contributed by atoms with Crippen molar-refractivity contribution in [2.75, 3.05) is 6.79 Å². The first-order chi connectivity index (χ1) is 9.76. The summed E-state index contributed by atoms with van der Waals surface area (Å²) in [6, 6.07) is 12.5. The minimum atomic E-state index is 0.125. The fourth-order valence-electron chi connectivity index (χ4n) is 1.99. The van der Waals surface area contributed by atoms with E-state index in [0.717, 1.165) is 5.75 Å². The summed E-state index contributed by atoms with van der Waals surface area (Å²) in [4.78, 5) is 11.5. The molecule has 2 aromatic rings. The number of benzene rings is 2. The molecule has 0 radical (unpaired) electrons. The molecule has 0 saturated heterocycles. The summed E-state index contributed by atoms with van der Waals surface area (Å²) in [6.45, 7) is 2.09. The monoisotopic (exact) mass is 270 g/mol. The molecule has 2 aromatic carbocycles. The van der Waals surface area contributed by atoms with Crippen LogP contribution >= 0.6 is 0 Å². The molecule has 0 fully saturated rings. The van der Waals surface area contributed by atoms with Crippen LogP contribution < -0.4 is 14.2 Å². The van der Waals surface area contributed by atoms with Crippen molar-refractivity contribution in [2.45, 2.75) is 13.3 Å². The molecule has 0 aliphatic carbocycles. The highest BCUT2D eigenvalue weighted by Gasteiger charge is 2.14. The predicted molar refractivity (Wildman–Crippen MR) is 73.7 cm³/mol. The van der Waals surface area contributed by atoms with Gasteiger partial charge in [-0.15, -0.1) is 0 Å². The first-order valence-electron chi connectivity index (χ1n) is 6.47. The Hall–Kier alpha value is -2.49. The summed E-state index contributed by atoms with van der Waals surface area (Å²) in [7, 11) is 0. The molecule has 0 aromatic heterocycles. The summed E-state index contributed by atoms with van der Waals surface area (Å²) in [5.41, 5.74) is 0.700. The lowest BCUT2D eigenvalue weighted by molar-refractivity contribution is 0.0988. The molecule has 1 aliphatic heterocycles. The van der Waals surface area contributed by atoms with E-state index in [9.17, 15) is 4.79 Å². The Bertz CT molecular complexity index is 631. The fraction of sp³-hybridized carbons (Fsp3) is 0.188. The molecule has 102 valence electrons. The molecule has 0 bridgehead atoms. The molecule has 1 heterocycles. The molecule has 0 saturated carbocycles. The van der Waals surface area contributed by atoms with Crippen LogP contribution in [-0.2, 0) is 0 Å². The second-order valence-electron chi connectivity index (χ2n) is 4.42. The van der Waals surface area contributed by atoms with E-state index in [1.165, 1.54) is 0 Å². The maximum absolute atomic E-state index is 11.5. The van der Waals surface area contributed by atoms with Crippen molar-refractivity contribution in [3.8, 4) is 23.0 Å². The molecule has 0 N–H and O–H groups in total. The minimum absolute atomic E-state index is 0.125. The minimum Gasteiger partial charge on any atom is -0.457 e. The van der Waals surface area contributed by atoms with Crippen molar-refractivity contribution >= 4 is 5.78 Å². The zero-order chi connectivity index (χ0) is 13.9. The highest BCUT2D eigenvalue weighted by atomic mass is 16.7. The van der Waals surface area contributed by atoms with E-state index in [2.05, 4.69) is 0 Å². The lowest BCUT2D eigenvalue weighted by Gasteiger charge is -2.07. The number of carbonyl (C=O) groups is 1. The van der Waals surface area contributed by atoms with Gasteiger partial charge in [-0.25, -0.2) is 0 Å². The first-order valence-corrected chi connectivity index (χ1v) is 6.47. The van der Waals surface area contributed by atoms with Gasteiger partial charge in [0.05, 0.1) is 0 Å². The van der Waals surface area contributed by atoms with Crippen LogP contribution in [0.25, 0.3) is 0 Å². The molecule has 4 heteroatoms. The average Bonchev–Trinajstić information content (AvgIpc) is 2.95. The van der Waals surface area contributed by atoms with Gasteiger partial charge >= 0.3 is 0 Å². The van der Waals surface area contributed by atoms with E-state index < -0.39 is 0 Å². The van der Waals surface area contributed by atoms with Crippen LogP contribution in [0.3, 0.4) is 0 Å². The quantitative estimate of drug-likeness (QED) is 0.793. The van der Waals surface area contributed by atoms with E-state index >= 15 is 0 Å². The van der Waals surface area contributed by atoms with Crippen molar-refractivity contribution in [3.63, 3.8) is 0 Å². The lowest BCUT2D eigenvalue weighted by atomic mass is 10.1. The van der Waals surface area contributed by atoms with Crippen LogP contribution in [-0.4, -0.2) is 12.6 Å². The summed E-state index contributed by atoms with van der Waals surface area (Å²) in [6.07, 6.45) is 0.502. The summed E-state index contributed by atoms with van der Waals surface area (Å²) in [5, 5.41) is 0. The molecule has 0 unspecified atom stereocenters. The molecule has 4 nitrogen and oxygen atoms in total. The summed E-state index contributed by atoms with van der Waals surface area (Å²) in [5.74, 6) is 2.88. The second kappa shape index (κ2) is 5.25. The van der Waals surface area contributed by atoms with Gasteiger partial charge in [0.25, 0.3) is 0 Å². The smallest absolute Gasteiger partial charge is 0.231 e. The van der Waals surface area contributed by atoms with Gasteiger partial charge in [0.15, 0.2) is 17.3 Å². The third-order valence-electron chi connectivity index (χ3n) is 3.08. The van der Waals surface area contributed by atoms with Gasteiger partial charge in [0, 0.05) is 18.1 Å². The number of carbonyl (C=O) groups excluding carboxylic acids is 1. The number of hydrogen-bond donors (Lipinski definition) is 0. The maximum atomic E-state index is 11.5. The number of ketones is 1. The fourth-order valence-corrected chi connectivity index (χ4v) is 1.99. The molecule has 0 amide bonds. The lowest BCUT2D eigenvalue weighted by Crippen LogP contribution is -1.95. The van der Waals surface area contributed by atoms with E-state index in [1.807, 2.05) is 19.1 Å². The first kappa shape index (κ1) is 12.5. The number of Topliss-reactive ketones (excluding diaryl/α,β-unsaturated/α-hetero) is 1. The molecular weight excluding hydrogens is 256 g/mol. The van der Waals surface area contributed by atoms with Crippen molar-refractivity contribution in [2.24, 2.45) is 0 Å². The Morgan fingerprint density at radius 3 is 2.50 bits per heavy atom. The van der Waals surface area contributed by atoms with Gasteiger partial charge in [0.2, 0.25) is 6.79 Å². The largest absolute Gasteiger partial charge is 0.457 e. The molecule has 1 aliphatic rings. The van der Waals surface area contributed by atoms with Crippen LogP contribution in [0.15, 0.2) is 42.5 Å². The average molecular weight is 270 g/mol. The Labute approximate surface area is 116 Å². The number of hydrogen-bond acceptors (Lipinski definition) is 4. The summed E-state index contributed by atoms with van der Waals surface area (Å²) >= 11 is 0. The Morgan fingerprint density at radius 1 is 1.05 bits per heavy atom. The number of ether oxygens (including phenoxy) is 3. The Morgan fingerprint density at radius 2 is 1.75 bits per heavy atom. The number of fused-ring (bicyclic) bond motifs is 1. The second-order valence-corrected chi connectivity index (χ2v) is 4.42. The van der Waals surface area contributed by atoms with Crippen molar-refractivity contribution in [1.82, 2.24) is 0 Å². The third-order valence-corrected chi connectivity index (χ3v) is 3.08. The third kappa shape index (κ3) is 2.45. The van der Waals surface area contributed by atoms with Crippen molar-refractivity contribution < 1.29 is 19.0 Å². The van der Waals surface area contributed by atoms with E-state index in [4.69, 9.17) is 14.2 Å². The molecule has 0 atom stereocenters. The molecule has 3 rings (SSSR count).